The Bertz CT molecular complexity index is 923. The zero-order valence-corrected chi connectivity index (χ0v) is 17.9. The first-order valence-electron chi connectivity index (χ1n) is 7.21. The van der Waals surface area contributed by atoms with Gasteiger partial charge in [0.1, 0.15) is 14.3 Å². The number of methoxy groups -OCH3 is 2. The van der Waals surface area contributed by atoms with E-state index in [9.17, 15) is 13.9 Å². The molecular weight excluding hydrogens is 426 g/mol. The number of aromatic amines is 1. The van der Waals surface area contributed by atoms with Gasteiger partial charge in [0.15, 0.2) is 0 Å². The molecule has 12 heteroatoms. The van der Waals surface area contributed by atoms with Crippen molar-refractivity contribution in [1.82, 2.24) is 19.9 Å². The molecule has 0 spiro atoms. The number of halogens is 1. The summed E-state index contributed by atoms with van der Waals surface area (Å²) in [5.41, 5.74) is -0.506. The highest BCUT2D eigenvalue weighted by atomic mass is 35.5. The second-order valence-electron chi connectivity index (χ2n) is 5.84. The second kappa shape index (κ2) is 11.3. The molecule has 0 aliphatic carbocycles. The van der Waals surface area contributed by atoms with Gasteiger partial charge in [0.2, 0.25) is 17.0 Å². The summed E-state index contributed by atoms with van der Waals surface area (Å²) in [6, 6.07) is 0. The molecule has 0 unspecified atom stereocenters. The number of hydrogen-bond acceptors (Lipinski definition) is 8. The molecular formula is C16H29ClN4O5P2. The zero-order chi connectivity index (χ0) is 20.1. The predicted molar refractivity (Wildman–Crippen MR) is 117 cm³/mol. The van der Waals surface area contributed by atoms with Crippen LogP contribution in [0.5, 0.6) is 11.8 Å². The number of H-pyrrole nitrogens is 1. The Morgan fingerprint density at radius 2 is 1.43 bits per heavy atom. The van der Waals surface area contributed by atoms with Gasteiger partial charge in [-0.3, -0.25) is 4.98 Å². The monoisotopic (exact) mass is 454 g/mol. The standard InChI is InChI=1S/C7H10ClN2O2P.C7H11N2O3P.2CH4/c1-12-6-5(13(2,3)11)4-9-7(8)10-6;1-12-6-5(13(2,3)11)4-8-7(10)9-6;;/h4H,1-3H3;4H,1-3H3,(H,8,9,10);2*1H4. The third-order valence-electron chi connectivity index (χ3n) is 3.02. The fourth-order valence-corrected chi connectivity index (χ4v) is 3.81. The van der Waals surface area contributed by atoms with Crippen molar-refractivity contribution in [2.24, 2.45) is 0 Å². The molecule has 0 aliphatic rings. The molecule has 160 valence electrons. The van der Waals surface area contributed by atoms with Crippen LogP contribution in [0, 0.1) is 0 Å². The highest BCUT2D eigenvalue weighted by Gasteiger charge is 2.19. The van der Waals surface area contributed by atoms with Crippen LogP contribution in [-0.2, 0) is 9.13 Å². The predicted octanol–water partition coefficient (Wildman–Crippen LogP) is 2.69. The van der Waals surface area contributed by atoms with Crippen molar-refractivity contribution in [1.29, 1.82) is 0 Å². The van der Waals surface area contributed by atoms with Crippen LogP contribution in [0.3, 0.4) is 0 Å². The topological polar surface area (TPSA) is 124 Å². The summed E-state index contributed by atoms with van der Waals surface area (Å²) in [6.45, 7) is 6.43. The number of rotatable bonds is 4. The van der Waals surface area contributed by atoms with Gasteiger partial charge in [0.05, 0.1) is 24.8 Å². The van der Waals surface area contributed by atoms with E-state index in [1.54, 1.807) is 26.7 Å². The Morgan fingerprint density at radius 3 is 1.86 bits per heavy atom. The zero-order valence-electron chi connectivity index (χ0n) is 15.3. The first kappa shape index (κ1) is 28.5. The molecule has 0 atom stereocenters. The van der Waals surface area contributed by atoms with E-state index in [1.807, 2.05) is 0 Å². The first-order valence-corrected chi connectivity index (χ1v) is 12.8. The molecule has 2 aromatic heterocycles. The molecule has 9 nitrogen and oxygen atoms in total. The molecule has 0 fully saturated rings. The number of aromatic nitrogens is 4. The van der Waals surface area contributed by atoms with E-state index < -0.39 is 20.0 Å². The van der Waals surface area contributed by atoms with Crippen molar-refractivity contribution in [3.63, 3.8) is 0 Å². The van der Waals surface area contributed by atoms with Gasteiger partial charge in [-0.25, -0.2) is 14.8 Å². The van der Waals surface area contributed by atoms with E-state index in [4.69, 9.17) is 21.1 Å². The van der Waals surface area contributed by atoms with E-state index in [1.165, 1.54) is 26.6 Å². The van der Waals surface area contributed by atoms with Gasteiger partial charge in [0.25, 0.3) is 0 Å². The first-order chi connectivity index (χ1) is 11.9. The summed E-state index contributed by atoms with van der Waals surface area (Å²) in [4.78, 5) is 24.2. The van der Waals surface area contributed by atoms with Gasteiger partial charge in [-0.05, 0) is 38.3 Å². The molecule has 0 aromatic carbocycles. The van der Waals surface area contributed by atoms with Crippen molar-refractivity contribution in [3.05, 3.63) is 28.2 Å². The second-order valence-corrected chi connectivity index (χ2v) is 12.5. The summed E-state index contributed by atoms with van der Waals surface area (Å²) < 4.78 is 33.2. The maximum atomic E-state index is 11.7. The lowest BCUT2D eigenvalue weighted by Gasteiger charge is -2.09. The SMILES string of the molecule is C.C.COc1[nH]c(=O)ncc1P(C)(C)=O.COc1nc(Cl)ncc1P(C)(C)=O. The van der Waals surface area contributed by atoms with Crippen molar-refractivity contribution >= 4 is 36.5 Å². The fraction of sp³-hybridized carbons (Fsp3) is 0.500. The molecule has 0 aliphatic heterocycles. The lowest BCUT2D eigenvalue weighted by atomic mass is 10.6. The quantitative estimate of drug-likeness (QED) is 0.552. The van der Waals surface area contributed by atoms with Crippen molar-refractivity contribution in [2.45, 2.75) is 14.9 Å². The molecule has 1 N–H and O–H groups in total. The third kappa shape index (κ3) is 8.13. The van der Waals surface area contributed by atoms with Gasteiger partial charge in [-0.15, -0.1) is 0 Å². The van der Waals surface area contributed by atoms with Gasteiger partial charge in [0, 0.05) is 12.4 Å². The fourth-order valence-electron chi connectivity index (χ4n) is 1.77. The average molecular weight is 455 g/mol. The van der Waals surface area contributed by atoms with E-state index in [0.29, 0.717) is 10.6 Å². The van der Waals surface area contributed by atoms with Gasteiger partial charge in [-0.1, -0.05) is 14.9 Å². The van der Waals surface area contributed by atoms with E-state index in [0.717, 1.165) is 0 Å². The Balaban J connectivity index is 0. The maximum Gasteiger partial charge on any atom is 0.347 e. The number of nitrogens with zero attached hydrogens (tertiary/aromatic N) is 3. The summed E-state index contributed by atoms with van der Waals surface area (Å²) in [6.07, 6.45) is 2.73. The Labute approximate surface area is 171 Å². The summed E-state index contributed by atoms with van der Waals surface area (Å²) in [5, 5.41) is 1.06. The van der Waals surface area contributed by atoms with E-state index >= 15 is 0 Å². The third-order valence-corrected chi connectivity index (χ3v) is 6.15. The largest absolute Gasteiger partial charge is 0.482 e. The van der Waals surface area contributed by atoms with Gasteiger partial charge >= 0.3 is 5.69 Å². The molecule has 0 bridgehead atoms. The number of ether oxygens (including phenoxy) is 2. The number of nitrogens with one attached hydrogen (secondary N) is 1. The van der Waals surface area contributed by atoms with Crippen LogP contribution < -0.4 is 25.8 Å². The Morgan fingerprint density at radius 1 is 0.929 bits per heavy atom. The molecule has 0 saturated heterocycles. The molecule has 0 amide bonds. The summed E-state index contributed by atoms with van der Waals surface area (Å²) in [7, 11) is -1.99. The van der Waals surface area contributed by atoms with Gasteiger partial charge < -0.3 is 18.6 Å². The van der Waals surface area contributed by atoms with Crippen molar-refractivity contribution < 1.29 is 18.6 Å². The van der Waals surface area contributed by atoms with E-state index in [-0.39, 0.29) is 31.9 Å². The van der Waals surface area contributed by atoms with Crippen LogP contribution in [-0.4, -0.2) is 60.8 Å². The highest BCUT2D eigenvalue weighted by molar-refractivity contribution is 7.70. The van der Waals surface area contributed by atoms with E-state index in [2.05, 4.69) is 19.9 Å². The maximum absolute atomic E-state index is 11.7. The minimum Gasteiger partial charge on any atom is -0.482 e. The molecule has 2 aromatic rings. The molecule has 2 heterocycles. The molecule has 0 saturated carbocycles. The van der Waals surface area contributed by atoms with Crippen LogP contribution in [0.25, 0.3) is 0 Å². The number of hydrogen-bond donors (Lipinski definition) is 1. The molecule has 2 rings (SSSR count). The smallest absolute Gasteiger partial charge is 0.347 e. The Hall–Kier alpha value is -1.69. The minimum absolute atomic E-state index is 0. The Kier molecular flexibility index (Phi) is 11.6. The van der Waals surface area contributed by atoms with Crippen LogP contribution in [0.2, 0.25) is 5.28 Å². The van der Waals surface area contributed by atoms with Crippen LogP contribution in [0.15, 0.2) is 17.2 Å². The lowest BCUT2D eigenvalue weighted by molar-refractivity contribution is 0.398. The average Bonchev–Trinajstić information content (AvgIpc) is 2.52. The van der Waals surface area contributed by atoms with Crippen LogP contribution in [0.4, 0.5) is 0 Å². The minimum atomic E-state index is -2.45. The molecule has 0 radical (unpaired) electrons. The van der Waals surface area contributed by atoms with Gasteiger partial charge in [-0.2, -0.15) is 4.98 Å². The highest BCUT2D eigenvalue weighted by Crippen LogP contribution is 2.37. The molecule has 28 heavy (non-hydrogen) atoms. The van der Waals surface area contributed by atoms with Crippen molar-refractivity contribution in [3.8, 4) is 11.8 Å². The summed E-state index contributed by atoms with van der Waals surface area (Å²) in [5.74, 6) is 0.515. The van der Waals surface area contributed by atoms with Crippen LogP contribution >= 0.6 is 25.9 Å². The van der Waals surface area contributed by atoms with Crippen LogP contribution in [0.1, 0.15) is 14.9 Å². The lowest BCUT2D eigenvalue weighted by Crippen LogP contribution is -2.19. The summed E-state index contributed by atoms with van der Waals surface area (Å²) >= 11 is 5.55. The normalized spacial score (nSPS) is 10.5. The van der Waals surface area contributed by atoms with Crippen molar-refractivity contribution in [2.75, 3.05) is 40.9 Å².